The normalized spacial score (nSPS) is 10.2. The Balaban J connectivity index is 2.65. The number of hydrogen-bond acceptors (Lipinski definition) is 3. The Hall–Kier alpha value is -1.58. The smallest absolute Gasteiger partial charge is 0.273 e. The van der Waals surface area contributed by atoms with Crippen LogP contribution in [0.15, 0.2) is 18.3 Å². The maximum atomic E-state index is 11.4. The third kappa shape index (κ3) is 2.73. The number of aromatic hydroxyl groups is 1. The lowest BCUT2D eigenvalue weighted by molar-refractivity contribution is 0.0941. The summed E-state index contributed by atoms with van der Waals surface area (Å²) in [4.78, 5) is 15.2. The molecule has 0 aromatic carbocycles. The molecule has 4 nitrogen and oxygen atoms in total. The van der Waals surface area contributed by atoms with Crippen molar-refractivity contribution in [3.05, 3.63) is 24.0 Å². The van der Waals surface area contributed by atoms with Gasteiger partial charge in [-0.15, -0.1) is 0 Å². The number of pyridine rings is 1. The minimum atomic E-state index is -0.336. The van der Waals surface area contributed by atoms with E-state index >= 15 is 0 Å². The quantitative estimate of drug-likeness (QED) is 0.759. The molecule has 0 aliphatic rings. The fourth-order valence-electron chi connectivity index (χ4n) is 0.952. The summed E-state index contributed by atoms with van der Waals surface area (Å²) in [5.74, 6) is -0.0460. The second-order valence-electron chi connectivity index (χ2n) is 3.48. The largest absolute Gasteiger partial charge is 0.505 e. The molecule has 1 amide bonds. The Morgan fingerprint density at radius 3 is 2.93 bits per heavy atom. The van der Waals surface area contributed by atoms with E-state index in [0.717, 1.165) is 0 Å². The zero-order valence-electron chi connectivity index (χ0n) is 8.32. The van der Waals surface area contributed by atoms with Gasteiger partial charge in [0.2, 0.25) is 0 Å². The van der Waals surface area contributed by atoms with Crippen LogP contribution in [-0.4, -0.2) is 22.5 Å². The number of hydrogen-bond donors (Lipinski definition) is 2. The first kappa shape index (κ1) is 10.5. The van der Waals surface area contributed by atoms with Crippen molar-refractivity contribution >= 4 is 5.91 Å². The first-order chi connectivity index (χ1) is 6.61. The molecule has 1 heterocycles. The van der Waals surface area contributed by atoms with E-state index in [1.807, 2.05) is 13.8 Å². The van der Waals surface area contributed by atoms with Gasteiger partial charge in [-0.2, -0.15) is 0 Å². The molecule has 1 rings (SSSR count). The lowest BCUT2D eigenvalue weighted by Gasteiger charge is -2.07. The van der Waals surface area contributed by atoms with E-state index in [9.17, 15) is 9.90 Å². The molecule has 76 valence electrons. The first-order valence-electron chi connectivity index (χ1n) is 4.53. The molecule has 1 aromatic heterocycles. The van der Waals surface area contributed by atoms with Crippen LogP contribution in [0.1, 0.15) is 24.3 Å². The summed E-state index contributed by atoms with van der Waals surface area (Å²) in [6.45, 7) is 4.58. The van der Waals surface area contributed by atoms with Gasteiger partial charge in [0, 0.05) is 12.7 Å². The van der Waals surface area contributed by atoms with Gasteiger partial charge in [-0.25, -0.2) is 4.98 Å². The van der Waals surface area contributed by atoms with Gasteiger partial charge in [0.05, 0.1) is 0 Å². The maximum Gasteiger partial charge on any atom is 0.273 e. The molecule has 0 unspecified atom stereocenters. The molecule has 0 radical (unpaired) electrons. The summed E-state index contributed by atoms with van der Waals surface area (Å²) < 4.78 is 0. The molecular formula is C10H14N2O2. The molecule has 0 saturated carbocycles. The van der Waals surface area contributed by atoms with Crippen LogP contribution in [-0.2, 0) is 0 Å². The van der Waals surface area contributed by atoms with Crippen LogP contribution in [0, 0.1) is 5.92 Å². The van der Waals surface area contributed by atoms with Gasteiger partial charge in [0.25, 0.3) is 5.91 Å². The molecular weight excluding hydrogens is 180 g/mol. The van der Waals surface area contributed by atoms with Gasteiger partial charge in [-0.1, -0.05) is 13.8 Å². The number of nitrogens with zero attached hydrogens (tertiary/aromatic N) is 1. The fourth-order valence-corrected chi connectivity index (χ4v) is 0.952. The third-order valence-corrected chi connectivity index (χ3v) is 1.67. The van der Waals surface area contributed by atoms with E-state index in [1.54, 1.807) is 6.07 Å². The van der Waals surface area contributed by atoms with Crippen molar-refractivity contribution in [2.24, 2.45) is 5.92 Å². The van der Waals surface area contributed by atoms with Crippen molar-refractivity contribution in [1.29, 1.82) is 0 Å². The zero-order chi connectivity index (χ0) is 10.6. The van der Waals surface area contributed by atoms with Crippen molar-refractivity contribution in [2.45, 2.75) is 13.8 Å². The highest BCUT2D eigenvalue weighted by Gasteiger charge is 2.11. The molecule has 14 heavy (non-hydrogen) atoms. The lowest BCUT2D eigenvalue weighted by atomic mass is 10.2. The molecule has 1 aromatic rings. The van der Waals surface area contributed by atoms with Crippen LogP contribution in [0.3, 0.4) is 0 Å². The standard InChI is InChI=1S/C10H14N2O2/c1-7(2)6-12-10(14)9-8(13)4-3-5-11-9/h3-5,7,13H,6H2,1-2H3,(H,12,14). The molecule has 2 N–H and O–H groups in total. The second kappa shape index (κ2) is 4.60. The van der Waals surface area contributed by atoms with Crippen LogP contribution in [0.2, 0.25) is 0 Å². The van der Waals surface area contributed by atoms with Crippen molar-refractivity contribution in [2.75, 3.05) is 6.54 Å². The predicted molar refractivity (Wildman–Crippen MR) is 53.1 cm³/mol. The Morgan fingerprint density at radius 2 is 2.36 bits per heavy atom. The van der Waals surface area contributed by atoms with Crippen LogP contribution in [0.5, 0.6) is 5.75 Å². The van der Waals surface area contributed by atoms with Crippen molar-refractivity contribution in [3.63, 3.8) is 0 Å². The third-order valence-electron chi connectivity index (χ3n) is 1.67. The second-order valence-corrected chi connectivity index (χ2v) is 3.48. The molecule has 0 saturated heterocycles. The lowest BCUT2D eigenvalue weighted by Crippen LogP contribution is -2.28. The highest BCUT2D eigenvalue weighted by molar-refractivity contribution is 5.94. The molecule has 0 fully saturated rings. The van der Waals surface area contributed by atoms with Gasteiger partial charge in [-0.3, -0.25) is 4.79 Å². The maximum absolute atomic E-state index is 11.4. The van der Waals surface area contributed by atoms with E-state index in [4.69, 9.17) is 0 Å². The van der Waals surface area contributed by atoms with E-state index in [1.165, 1.54) is 12.3 Å². The van der Waals surface area contributed by atoms with Gasteiger partial charge in [0.15, 0.2) is 5.69 Å². The van der Waals surface area contributed by atoms with E-state index in [0.29, 0.717) is 12.5 Å². The Morgan fingerprint density at radius 1 is 1.64 bits per heavy atom. The van der Waals surface area contributed by atoms with Crippen LogP contribution in [0.4, 0.5) is 0 Å². The topological polar surface area (TPSA) is 62.2 Å². The number of carbonyl (C=O) groups is 1. The first-order valence-corrected chi connectivity index (χ1v) is 4.53. The number of amides is 1. The minimum absolute atomic E-state index is 0.0770. The van der Waals surface area contributed by atoms with Crippen molar-refractivity contribution < 1.29 is 9.90 Å². The van der Waals surface area contributed by atoms with Crippen molar-refractivity contribution in [1.82, 2.24) is 10.3 Å². The summed E-state index contributed by atoms with van der Waals surface area (Å²) in [5, 5.41) is 12.0. The van der Waals surface area contributed by atoms with Crippen LogP contribution >= 0.6 is 0 Å². The Bertz CT molecular complexity index is 324. The number of aromatic nitrogens is 1. The zero-order valence-corrected chi connectivity index (χ0v) is 8.32. The number of carbonyl (C=O) groups excluding carboxylic acids is 1. The fraction of sp³-hybridized carbons (Fsp3) is 0.400. The van der Waals surface area contributed by atoms with Crippen molar-refractivity contribution in [3.8, 4) is 5.75 Å². The monoisotopic (exact) mass is 194 g/mol. The van der Waals surface area contributed by atoms with Gasteiger partial charge in [-0.05, 0) is 18.1 Å². The molecule has 0 aliphatic heterocycles. The summed E-state index contributed by atoms with van der Waals surface area (Å²) in [6.07, 6.45) is 1.48. The summed E-state index contributed by atoms with van der Waals surface area (Å²) in [7, 11) is 0. The van der Waals surface area contributed by atoms with E-state index in [-0.39, 0.29) is 17.4 Å². The highest BCUT2D eigenvalue weighted by atomic mass is 16.3. The van der Waals surface area contributed by atoms with Gasteiger partial charge in [0.1, 0.15) is 5.75 Å². The SMILES string of the molecule is CC(C)CNC(=O)c1ncccc1O. The molecule has 0 aliphatic carbocycles. The molecule has 0 spiro atoms. The number of rotatable bonds is 3. The van der Waals surface area contributed by atoms with E-state index in [2.05, 4.69) is 10.3 Å². The average molecular weight is 194 g/mol. The highest BCUT2D eigenvalue weighted by Crippen LogP contribution is 2.11. The summed E-state index contributed by atoms with van der Waals surface area (Å²) >= 11 is 0. The minimum Gasteiger partial charge on any atom is -0.505 e. The van der Waals surface area contributed by atoms with Crippen LogP contribution < -0.4 is 5.32 Å². The predicted octanol–water partition coefficient (Wildman–Crippen LogP) is 1.17. The van der Waals surface area contributed by atoms with Crippen LogP contribution in [0.25, 0.3) is 0 Å². The summed E-state index contributed by atoms with van der Waals surface area (Å²) in [5.41, 5.74) is 0.0770. The van der Waals surface area contributed by atoms with Gasteiger partial charge < -0.3 is 10.4 Å². The Labute approximate surface area is 83.0 Å². The Kier molecular flexibility index (Phi) is 3.45. The average Bonchev–Trinajstić information content (AvgIpc) is 2.15. The molecule has 0 bridgehead atoms. The summed E-state index contributed by atoms with van der Waals surface area (Å²) in [6, 6.07) is 3.02. The van der Waals surface area contributed by atoms with Gasteiger partial charge >= 0.3 is 0 Å². The van der Waals surface area contributed by atoms with E-state index < -0.39 is 0 Å². The molecule has 4 heteroatoms. The molecule has 0 atom stereocenters. The number of nitrogens with one attached hydrogen (secondary N) is 1.